The zero-order valence-electron chi connectivity index (χ0n) is 15.1. The van der Waals surface area contributed by atoms with E-state index in [1.165, 1.54) is 0 Å². The van der Waals surface area contributed by atoms with E-state index in [0.29, 0.717) is 25.3 Å². The van der Waals surface area contributed by atoms with Gasteiger partial charge in [0.25, 0.3) is 5.91 Å². The minimum atomic E-state index is -0.123. The summed E-state index contributed by atoms with van der Waals surface area (Å²) in [4.78, 5) is 16.8. The van der Waals surface area contributed by atoms with E-state index >= 15 is 0 Å². The Morgan fingerprint density at radius 2 is 2.00 bits per heavy atom. The molecule has 1 atom stereocenters. The maximum atomic E-state index is 12.3. The van der Waals surface area contributed by atoms with Crippen LogP contribution in [0.4, 0.5) is 0 Å². The van der Waals surface area contributed by atoms with Crippen molar-refractivity contribution in [1.29, 1.82) is 0 Å². The fraction of sp³-hybridized carbons (Fsp3) is 0.238. The number of amides is 1. The van der Waals surface area contributed by atoms with Crippen molar-refractivity contribution >= 4 is 5.91 Å². The number of benzene rings is 2. The number of nitrogens with zero attached hydrogens (tertiary/aromatic N) is 2. The molecule has 2 aromatic carbocycles. The Bertz CT molecular complexity index is 1020. The summed E-state index contributed by atoms with van der Waals surface area (Å²) in [5, 5.41) is 2.95. The molecule has 142 valence electrons. The second-order valence-electron chi connectivity index (χ2n) is 6.75. The lowest BCUT2D eigenvalue weighted by Gasteiger charge is -2.26. The van der Waals surface area contributed by atoms with Gasteiger partial charge < -0.3 is 24.1 Å². The number of fused-ring (bicyclic) bond motifs is 2. The van der Waals surface area contributed by atoms with Crippen molar-refractivity contribution in [2.45, 2.75) is 19.3 Å². The molecule has 0 radical (unpaired) electrons. The topological polar surface area (TPSA) is 74.6 Å². The van der Waals surface area contributed by atoms with Crippen LogP contribution in [-0.2, 0) is 17.9 Å². The predicted octanol–water partition coefficient (Wildman–Crippen LogP) is 2.61. The van der Waals surface area contributed by atoms with Crippen molar-refractivity contribution in [1.82, 2.24) is 14.9 Å². The maximum absolute atomic E-state index is 12.3. The third-order valence-electron chi connectivity index (χ3n) is 4.97. The number of hydrogen-bond acceptors (Lipinski definition) is 5. The van der Waals surface area contributed by atoms with E-state index < -0.39 is 0 Å². The van der Waals surface area contributed by atoms with Crippen molar-refractivity contribution in [3.63, 3.8) is 0 Å². The summed E-state index contributed by atoms with van der Waals surface area (Å²) < 4.78 is 18.9. The van der Waals surface area contributed by atoms with Gasteiger partial charge in [-0.3, -0.25) is 4.79 Å². The van der Waals surface area contributed by atoms with Crippen LogP contribution < -0.4 is 14.8 Å². The summed E-state index contributed by atoms with van der Waals surface area (Å²) >= 11 is 0. The molecule has 0 saturated heterocycles. The minimum absolute atomic E-state index is 0.100. The average Bonchev–Trinajstić information content (AvgIpc) is 3.38. The van der Waals surface area contributed by atoms with Crippen molar-refractivity contribution in [3.8, 4) is 22.8 Å². The lowest BCUT2D eigenvalue weighted by molar-refractivity contribution is 0.00374. The second kappa shape index (κ2) is 7.01. The molecule has 2 aliphatic rings. The van der Waals surface area contributed by atoms with Gasteiger partial charge in [-0.15, -0.1) is 0 Å². The van der Waals surface area contributed by atoms with Gasteiger partial charge in [-0.1, -0.05) is 18.2 Å². The molecule has 0 bridgehead atoms. The van der Waals surface area contributed by atoms with Crippen LogP contribution in [0, 0.1) is 0 Å². The lowest BCUT2D eigenvalue weighted by Crippen LogP contribution is -2.39. The maximum Gasteiger partial charge on any atom is 0.251 e. The number of carbonyl (C=O) groups excluding carboxylic acids is 1. The van der Waals surface area contributed by atoms with Gasteiger partial charge in [-0.2, -0.15) is 0 Å². The summed E-state index contributed by atoms with van der Waals surface area (Å²) in [6.07, 6.45) is 1.73. The molecule has 1 amide bonds. The third kappa shape index (κ3) is 3.10. The molecule has 3 heterocycles. The zero-order valence-corrected chi connectivity index (χ0v) is 15.1. The van der Waals surface area contributed by atoms with Gasteiger partial charge in [0, 0.05) is 17.7 Å². The Morgan fingerprint density at radius 1 is 1.14 bits per heavy atom. The highest BCUT2D eigenvalue weighted by molar-refractivity contribution is 5.94. The van der Waals surface area contributed by atoms with Crippen LogP contribution in [0.15, 0.2) is 54.7 Å². The van der Waals surface area contributed by atoms with Gasteiger partial charge in [-0.25, -0.2) is 4.98 Å². The van der Waals surface area contributed by atoms with Gasteiger partial charge in [0.2, 0.25) is 6.79 Å². The first-order valence-corrected chi connectivity index (χ1v) is 9.17. The van der Waals surface area contributed by atoms with Crippen LogP contribution in [0.25, 0.3) is 11.3 Å². The van der Waals surface area contributed by atoms with Crippen molar-refractivity contribution in [2.24, 2.45) is 0 Å². The molecule has 1 N–H and O–H groups in total. The van der Waals surface area contributed by atoms with Gasteiger partial charge >= 0.3 is 0 Å². The van der Waals surface area contributed by atoms with Gasteiger partial charge in [0.1, 0.15) is 12.4 Å². The van der Waals surface area contributed by atoms with E-state index in [1.807, 2.05) is 42.6 Å². The van der Waals surface area contributed by atoms with Crippen LogP contribution in [0.3, 0.4) is 0 Å². The lowest BCUT2D eigenvalue weighted by atomic mass is 10.1. The molecule has 28 heavy (non-hydrogen) atoms. The number of hydrogen-bond donors (Lipinski definition) is 1. The summed E-state index contributed by atoms with van der Waals surface area (Å²) in [6, 6.07) is 15.1. The number of ether oxygens (including phenoxy) is 3. The molecular formula is C21H19N3O4. The Kier molecular flexibility index (Phi) is 4.21. The Morgan fingerprint density at radius 3 is 2.89 bits per heavy atom. The van der Waals surface area contributed by atoms with Crippen LogP contribution in [0.2, 0.25) is 0 Å². The molecule has 5 rings (SSSR count). The summed E-state index contributed by atoms with van der Waals surface area (Å²) in [5.41, 5.74) is 2.65. The normalized spacial score (nSPS) is 17.2. The van der Waals surface area contributed by atoms with E-state index in [1.54, 1.807) is 12.1 Å². The molecule has 3 aromatic rings. The van der Waals surface area contributed by atoms with E-state index in [-0.39, 0.29) is 18.8 Å². The standard InChI is InChI=1S/C21H19N3O4/c25-21(14-4-2-1-3-5-14)23-9-16-11-24-17(10-22-20(24)12-26-16)15-6-7-18-19(8-15)28-13-27-18/h1-8,10,16H,9,11-13H2,(H,23,25)/t16-/m0/s1. The summed E-state index contributed by atoms with van der Waals surface area (Å²) in [7, 11) is 0. The fourth-order valence-corrected chi connectivity index (χ4v) is 3.49. The summed E-state index contributed by atoms with van der Waals surface area (Å²) in [6.45, 7) is 1.72. The minimum Gasteiger partial charge on any atom is -0.454 e. The molecule has 1 aromatic heterocycles. The molecular weight excluding hydrogens is 358 g/mol. The SMILES string of the molecule is O=C(NC[C@H]1Cn2c(-c3ccc4c(c3)OCO4)cnc2CO1)c1ccccc1. The smallest absolute Gasteiger partial charge is 0.251 e. The van der Waals surface area contributed by atoms with Crippen LogP contribution >= 0.6 is 0 Å². The van der Waals surface area contributed by atoms with E-state index in [4.69, 9.17) is 14.2 Å². The van der Waals surface area contributed by atoms with Gasteiger partial charge in [0.05, 0.1) is 24.5 Å². The van der Waals surface area contributed by atoms with Gasteiger partial charge in [0.15, 0.2) is 11.5 Å². The Labute approximate surface area is 161 Å². The largest absolute Gasteiger partial charge is 0.454 e. The third-order valence-corrected chi connectivity index (χ3v) is 4.97. The number of imidazole rings is 1. The predicted molar refractivity (Wildman–Crippen MR) is 101 cm³/mol. The van der Waals surface area contributed by atoms with Crippen molar-refractivity contribution in [3.05, 3.63) is 66.1 Å². The number of nitrogens with one attached hydrogen (secondary N) is 1. The fourth-order valence-electron chi connectivity index (χ4n) is 3.49. The van der Waals surface area contributed by atoms with Crippen LogP contribution in [-0.4, -0.2) is 34.9 Å². The number of carbonyl (C=O) groups is 1. The van der Waals surface area contributed by atoms with Crippen molar-refractivity contribution in [2.75, 3.05) is 13.3 Å². The first kappa shape index (κ1) is 16.8. The Balaban J connectivity index is 1.30. The highest BCUT2D eigenvalue weighted by Gasteiger charge is 2.24. The molecule has 0 fully saturated rings. The monoisotopic (exact) mass is 377 g/mol. The van der Waals surface area contributed by atoms with Crippen LogP contribution in [0.5, 0.6) is 11.5 Å². The number of rotatable bonds is 4. The Hall–Kier alpha value is -3.32. The first-order chi connectivity index (χ1) is 13.8. The zero-order chi connectivity index (χ0) is 18.9. The highest BCUT2D eigenvalue weighted by atomic mass is 16.7. The second-order valence-corrected chi connectivity index (χ2v) is 6.75. The highest BCUT2D eigenvalue weighted by Crippen LogP contribution is 2.36. The molecule has 7 nitrogen and oxygen atoms in total. The average molecular weight is 377 g/mol. The molecule has 2 aliphatic heterocycles. The van der Waals surface area contributed by atoms with Crippen molar-refractivity contribution < 1.29 is 19.0 Å². The molecule has 0 spiro atoms. The molecule has 7 heteroatoms. The van der Waals surface area contributed by atoms with E-state index in [0.717, 1.165) is 28.6 Å². The molecule has 0 unspecified atom stereocenters. The molecule has 0 aliphatic carbocycles. The quantitative estimate of drug-likeness (QED) is 0.757. The van der Waals surface area contributed by atoms with E-state index in [2.05, 4.69) is 14.9 Å². The van der Waals surface area contributed by atoms with E-state index in [9.17, 15) is 4.79 Å². The van der Waals surface area contributed by atoms with Gasteiger partial charge in [-0.05, 0) is 30.3 Å². The first-order valence-electron chi connectivity index (χ1n) is 9.17. The number of aromatic nitrogens is 2. The molecule has 0 saturated carbocycles. The van der Waals surface area contributed by atoms with Crippen LogP contribution in [0.1, 0.15) is 16.2 Å². The summed E-state index contributed by atoms with van der Waals surface area (Å²) in [5.74, 6) is 2.27.